The van der Waals surface area contributed by atoms with Crippen molar-refractivity contribution in [3.8, 4) is 0 Å². The van der Waals surface area contributed by atoms with Gasteiger partial charge in [-0.3, -0.25) is 4.79 Å². The minimum atomic E-state index is -0.399. The van der Waals surface area contributed by atoms with Crippen LogP contribution in [0.15, 0.2) is 36.0 Å². The van der Waals surface area contributed by atoms with Gasteiger partial charge in [0.15, 0.2) is 5.78 Å². The predicted octanol–water partition coefficient (Wildman–Crippen LogP) is 1.88. The minimum absolute atomic E-state index is 0.0613. The van der Waals surface area contributed by atoms with Gasteiger partial charge < -0.3 is 9.64 Å². The number of rotatable bonds is 5. The van der Waals surface area contributed by atoms with Crippen molar-refractivity contribution in [1.29, 1.82) is 0 Å². The zero-order chi connectivity index (χ0) is 14.3. The maximum absolute atomic E-state index is 11.6. The average Bonchev–Trinajstić information content (AvgIpc) is 2.34. The predicted molar refractivity (Wildman–Crippen MR) is 74.7 cm³/mol. The summed E-state index contributed by atoms with van der Waals surface area (Å²) in [7, 11) is 2.05. The molecule has 0 bridgehead atoms. The smallest absolute Gasteiger partial charge is 0.331 e. The van der Waals surface area contributed by atoms with Crippen molar-refractivity contribution in [2.75, 3.05) is 20.1 Å². The molecule has 104 valence electrons. The molecular weight excluding hydrogens is 242 g/mol. The topological polar surface area (TPSA) is 46.6 Å². The van der Waals surface area contributed by atoms with Gasteiger partial charge in [0.2, 0.25) is 0 Å². The Labute approximate surface area is 114 Å². The second-order valence-corrected chi connectivity index (χ2v) is 4.75. The normalized spacial score (nSPS) is 18.6. The van der Waals surface area contributed by atoms with E-state index in [9.17, 15) is 9.59 Å². The molecule has 0 aliphatic carbocycles. The lowest BCUT2D eigenvalue weighted by molar-refractivity contribution is -0.140. The molecule has 0 aromatic heterocycles. The van der Waals surface area contributed by atoms with E-state index in [1.165, 1.54) is 19.1 Å². The molecule has 1 heterocycles. The molecule has 0 spiro atoms. The number of esters is 1. The minimum Gasteiger partial charge on any atom is -0.455 e. The fourth-order valence-corrected chi connectivity index (χ4v) is 1.75. The quantitative estimate of drug-likeness (QED) is 0.561. The van der Waals surface area contributed by atoms with Gasteiger partial charge in [0.25, 0.3) is 0 Å². The first kappa shape index (κ1) is 15.4. The zero-order valence-electron chi connectivity index (χ0n) is 11.8. The first-order valence-corrected chi connectivity index (χ1v) is 6.42. The molecule has 0 aromatic rings. The van der Waals surface area contributed by atoms with Crippen LogP contribution in [0.1, 0.15) is 20.3 Å². The molecule has 0 aromatic carbocycles. The lowest BCUT2D eigenvalue weighted by Gasteiger charge is -2.20. The van der Waals surface area contributed by atoms with E-state index in [1.807, 2.05) is 7.05 Å². The highest BCUT2D eigenvalue weighted by Gasteiger charge is 2.07. The summed E-state index contributed by atoms with van der Waals surface area (Å²) in [4.78, 5) is 24.5. The number of nitrogens with zero attached hydrogens (tertiary/aromatic N) is 1. The second-order valence-electron chi connectivity index (χ2n) is 4.75. The van der Waals surface area contributed by atoms with Crippen LogP contribution in [0.4, 0.5) is 0 Å². The molecule has 0 amide bonds. The van der Waals surface area contributed by atoms with Crippen LogP contribution in [-0.4, -0.2) is 42.9 Å². The first-order chi connectivity index (χ1) is 8.97. The fraction of sp³-hybridized carbons (Fsp3) is 0.467. The van der Waals surface area contributed by atoms with Crippen molar-refractivity contribution in [2.24, 2.45) is 0 Å². The molecule has 0 radical (unpaired) electrons. The highest BCUT2D eigenvalue weighted by Crippen LogP contribution is 2.09. The van der Waals surface area contributed by atoms with Crippen LogP contribution in [0.25, 0.3) is 0 Å². The Hall–Kier alpha value is -1.68. The highest BCUT2D eigenvalue weighted by molar-refractivity contribution is 5.87. The van der Waals surface area contributed by atoms with Crippen molar-refractivity contribution in [3.05, 3.63) is 36.0 Å². The number of ether oxygens (including phenoxy) is 1. The summed E-state index contributed by atoms with van der Waals surface area (Å²) < 4.78 is 5.11. The van der Waals surface area contributed by atoms with Crippen molar-refractivity contribution in [3.63, 3.8) is 0 Å². The summed E-state index contributed by atoms with van der Waals surface area (Å²) in [6.07, 6.45) is 8.93. The van der Waals surface area contributed by atoms with Gasteiger partial charge >= 0.3 is 5.97 Å². The fourth-order valence-electron chi connectivity index (χ4n) is 1.75. The van der Waals surface area contributed by atoms with Crippen molar-refractivity contribution < 1.29 is 14.3 Å². The molecule has 19 heavy (non-hydrogen) atoms. The summed E-state index contributed by atoms with van der Waals surface area (Å²) >= 11 is 0. The third kappa shape index (κ3) is 6.72. The summed E-state index contributed by atoms with van der Waals surface area (Å²) in [5, 5.41) is 0. The molecule has 1 unspecified atom stereocenters. The second kappa shape index (κ2) is 7.69. The highest BCUT2D eigenvalue weighted by atomic mass is 16.5. The van der Waals surface area contributed by atoms with Crippen molar-refractivity contribution in [1.82, 2.24) is 4.90 Å². The number of ketones is 1. The molecule has 0 saturated carbocycles. The van der Waals surface area contributed by atoms with Gasteiger partial charge in [0.1, 0.15) is 6.10 Å². The Morgan fingerprint density at radius 2 is 2.16 bits per heavy atom. The molecule has 0 fully saturated rings. The van der Waals surface area contributed by atoms with E-state index in [0.717, 1.165) is 25.1 Å². The lowest BCUT2D eigenvalue weighted by Crippen LogP contribution is -2.25. The monoisotopic (exact) mass is 263 g/mol. The van der Waals surface area contributed by atoms with E-state index < -0.39 is 12.1 Å². The van der Waals surface area contributed by atoms with E-state index in [1.54, 1.807) is 19.1 Å². The van der Waals surface area contributed by atoms with Crippen LogP contribution >= 0.6 is 0 Å². The maximum Gasteiger partial charge on any atom is 0.331 e. The summed E-state index contributed by atoms with van der Waals surface area (Å²) in [5.41, 5.74) is 1.12. The summed E-state index contributed by atoms with van der Waals surface area (Å²) in [5.74, 6) is -0.455. The zero-order valence-corrected chi connectivity index (χ0v) is 11.8. The average molecular weight is 263 g/mol. The number of hydrogen-bond acceptors (Lipinski definition) is 4. The number of carbonyl (C=O) groups excluding carboxylic acids is 2. The lowest BCUT2D eigenvalue weighted by atomic mass is 10.1. The first-order valence-electron chi connectivity index (χ1n) is 6.42. The van der Waals surface area contributed by atoms with E-state index in [4.69, 9.17) is 4.74 Å². The number of hydrogen-bond donors (Lipinski definition) is 0. The van der Waals surface area contributed by atoms with E-state index in [0.29, 0.717) is 0 Å². The van der Waals surface area contributed by atoms with E-state index in [-0.39, 0.29) is 5.78 Å². The van der Waals surface area contributed by atoms with Gasteiger partial charge in [0.05, 0.1) is 0 Å². The van der Waals surface area contributed by atoms with Gasteiger partial charge in [-0.25, -0.2) is 4.79 Å². The van der Waals surface area contributed by atoms with Crippen LogP contribution < -0.4 is 0 Å². The largest absolute Gasteiger partial charge is 0.455 e. The van der Waals surface area contributed by atoms with E-state index >= 15 is 0 Å². The SMILES string of the molecule is CC(=O)/C=C/C(C)OC(=O)/C=C/C1=CCCN(C)C1. The Bertz CT molecular complexity index is 421. The number of likely N-dealkylation sites (N-methyl/N-ethyl adjacent to an activating group) is 1. The van der Waals surface area contributed by atoms with Gasteiger partial charge in [-0.2, -0.15) is 0 Å². The number of allylic oxidation sites excluding steroid dienone is 1. The van der Waals surface area contributed by atoms with Gasteiger partial charge in [-0.15, -0.1) is 0 Å². The molecule has 0 saturated heterocycles. The summed E-state index contributed by atoms with van der Waals surface area (Å²) in [6.45, 7) is 5.08. The third-order valence-electron chi connectivity index (χ3n) is 2.71. The van der Waals surface area contributed by atoms with Gasteiger partial charge in [-0.05, 0) is 45.0 Å². The molecule has 0 N–H and O–H groups in total. The van der Waals surface area contributed by atoms with Crippen LogP contribution in [0.5, 0.6) is 0 Å². The van der Waals surface area contributed by atoms with Crippen molar-refractivity contribution >= 4 is 11.8 Å². The molecule has 4 nitrogen and oxygen atoms in total. The number of carbonyl (C=O) groups is 2. The van der Waals surface area contributed by atoms with Crippen molar-refractivity contribution in [2.45, 2.75) is 26.4 Å². The third-order valence-corrected chi connectivity index (χ3v) is 2.71. The molecule has 1 aliphatic rings. The molecule has 4 heteroatoms. The Morgan fingerprint density at radius 1 is 1.42 bits per heavy atom. The maximum atomic E-state index is 11.6. The van der Waals surface area contributed by atoms with Crippen LogP contribution in [0.2, 0.25) is 0 Å². The Kier molecular flexibility index (Phi) is 6.22. The van der Waals surface area contributed by atoms with Crippen LogP contribution in [0.3, 0.4) is 0 Å². The Balaban J connectivity index is 2.42. The molecular formula is C15H21NO3. The summed E-state index contributed by atoms with van der Waals surface area (Å²) in [6, 6.07) is 0. The van der Waals surface area contributed by atoms with Gasteiger partial charge in [0, 0.05) is 19.2 Å². The molecule has 1 aliphatic heterocycles. The van der Waals surface area contributed by atoms with Crippen LogP contribution in [-0.2, 0) is 14.3 Å². The molecule has 1 atom stereocenters. The standard InChI is InChI=1S/C15H21NO3/c1-12(17)6-7-13(2)19-15(18)9-8-14-5-4-10-16(3)11-14/h5-9,13H,4,10-11H2,1-3H3/b7-6+,9-8+. The molecule has 1 rings (SSSR count). The van der Waals surface area contributed by atoms with Gasteiger partial charge in [-0.1, -0.05) is 12.2 Å². The Morgan fingerprint density at radius 3 is 2.79 bits per heavy atom. The van der Waals surface area contributed by atoms with E-state index in [2.05, 4.69) is 11.0 Å². The van der Waals surface area contributed by atoms with Crippen LogP contribution in [0, 0.1) is 0 Å².